The van der Waals surface area contributed by atoms with Crippen LogP contribution in [-0.2, 0) is 16.1 Å². The molecule has 1 aliphatic rings. The molecule has 174 valence electrons. The molecule has 3 N–H and O–H groups in total. The first-order valence-electron chi connectivity index (χ1n) is 11.4. The third-order valence-electron chi connectivity index (χ3n) is 6.16. The minimum atomic E-state index is -0.211. The molecule has 0 radical (unpaired) electrons. The average Bonchev–Trinajstić information content (AvgIpc) is 3.28. The Hall–Kier alpha value is -3.75. The van der Waals surface area contributed by atoms with E-state index in [-0.39, 0.29) is 18.8 Å². The van der Waals surface area contributed by atoms with Gasteiger partial charge in [0.25, 0.3) is 0 Å². The van der Waals surface area contributed by atoms with Crippen molar-refractivity contribution >= 4 is 28.9 Å². The number of aliphatic hydroxyl groups excluding tert-OH is 1. The van der Waals surface area contributed by atoms with Crippen molar-refractivity contribution in [1.29, 1.82) is 0 Å². The second kappa shape index (κ2) is 9.24. The molecule has 1 amide bonds. The smallest absolute Gasteiger partial charge is 0.211 e. The van der Waals surface area contributed by atoms with E-state index in [1.807, 2.05) is 18.2 Å². The monoisotopic (exact) mass is 457 g/mol. The molecule has 0 saturated carbocycles. The number of anilines is 2. The van der Waals surface area contributed by atoms with Gasteiger partial charge in [-0.3, -0.25) is 4.79 Å². The van der Waals surface area contributed by atoms with Crippen LogP contribution in [0.25, 0.3) is 33.7 Å². The first-order chi connectivity index (χ1) is 16.6. The molecule has 3 heterocycles. The number of nitrogens with one attached hydrogen (secondary N) is 2. The van der Waals surface area contributed by atoms with Crippen LogP contribution < -0.4 is 10.2 Å². The summed E-state index contributed by atoms with van der Waals surface area (Å²) in [4.78, 5) is 25.9. The zero-order valence-electron chi connectivity index (χ0n) is 19.2. The fourth-order valence-electron chi connectivity index (χ4n) is 4.70. The summed E-state index contributed by atoms with van der Waals surface area (Å²) in [5.74, 6) is 0.720. The molecule has 1 saturated heterocycles. The number of amides is 1. The van der Waals surface area contributed by atoms with Crippen molar-refractivity contribution in [3.8, 4) is 22.5 Å². The van der Waals surface area contributed by atoms with Crippen molar-refractivity contribution < 1.29 is 14.6 Å². The molecule has 2 aromatic heterocycles. The molecule has 8 nitrogen and oxygen atoms in total. The number of imidazole rings is 1. The number of morpholine rings is 1. The van der Waals surface area contributed by atoms with Crippen molar-refractivity contribution in [2.75, 3.05) is 23.3 Å². The first-order valence-corrected chi connectivity index (χ1v) is 11.4. The standard InChI is InChI=1S/C26H27N5O3/c1-16-12-31(13-17(2)34-16)19-8-6-18(7-9-19)25-29-24-21(10-11-27-26(24)30-25)20-4-3-5-23(28-15-33)22(20)14-32/h3-11,15-17,32H,12-14H2,1-2H3,(H,28,33)(H,27,29,30). The maximum Gasteiger partial charge on any atom is 0.211 e. The molecular weight excluding hydrogens is 430 g/mol. The van der Waals surface area contributed by atoms with E-state index < -0.39 is 0 Å². The van der Waals surface area contributed by atoms with Gasteiger partial charge in [-0.25, -0.2) is 9.97 Å². The van der Waals surface area contributed by atoms with Crippen molar-refractivity contribution in [2.24, 2.45) is 0 Å². The minimum absolute atomic E-state index is 0.201. The third-order valence-corrected chi connectivity index (χ3v) is 6.16. The van der Waals surface area contributed by atoms with E-state index in [1.54, 1.807) is 12.3 Å². The third kappa shape index (κ3) is 4.13. The molecule has 1 aliphatic heterocycles. The van der Waals surface area contributed by atoms with Crippen LogP contribution in [0.1, 0.15) is 19.4 Å². The Balaban J connectivity index is 1.50. The van der Waals surface area contributed by atoms with E-state index in [9.17, 15) is 9.90 Å². The summed E-state index contributed by atoms with van der Waals surface area (Å²) in [7, 11) is 0. The van der Waals surface area contributed by atoms with Crippen molar-refractivity contribution in [1.82, 2.24) is 15.0 Å². The van der Waals surface area contributed by atoms with Crippen LogP contribution >= 0.6 is 0 Å². The van der Waals surface area contributed by atoms with Crippen LogP contribution in [0.3, 0.4) is 0 Å². The highest BCUT2D eigenvalue weighted by Crippen LogP contribution is 2.34. The Labute approximate surface area is 197 Å². The topological polar surface area (TPSA) is 103 Å². The summed E-state index contributed by atoms with van der Waals surface area (Å²) >= 11 is 0. The number of aromatic nitrogens is 3. The Morgan fingerprint density at radius 1 is 1.12 bits per heavy atom. The Kier molecular flexibility index (Phi) is 6.00. The summed E-state index contributed by atoms with van der Waals surface area (Å²) in [5, 5.41) is 12.7. The number of fused-ring (bicyclic) bond motifs is 1. The number of nitrogens with zero attached hydrogens (tertiary/aromatic N) is 3. The van der Waals surface area contributed by atoms with Crippen LogP contribution in [0, 0.1) is 0 Å². The highest BCUT2D eigenvalue weighted by Gasteiger charge is 2.22. The molecular formula is C26H27N5O3. The Bertz CT molecular complexity index is 1310. The fourth-order valence-corrected chi connectivity index (χ4v) is 4.70. The number of benzene rings is 2. The number of pyridine rings is 1. The maximum atomic E-state index is 11.0. The van der Waals surface area contributed by atoms with Gasteiger partial charge in [-0.1, -0.05) is 12.1 Å². The number of carbonyl (C=O) groups excluding carboxylic acids is 1. The number of H-pyrrole nitrogens is 1. The molecule has 1 fully saturated rings. The highest BCUT2D eigenvalue weighted by atomic mass is 16.5. The molecule has 4 aromatic rings. The number of aliphatic hydroxyl groups is 1. The molecule has 8 heteroatoms. The van der Waals surface area contributed by atoms with Crippen LogP contribution in [0.5, 0.6) is 0 Å². The predicted molar refractivity (Wildman–Crippen MR) is 133 cm³/mol. The van der Waals surface area contributed by atoms with E-state index >= 15 is 0 Å². The zero-order valence-corrected chi connectivity index (χ0v) is 19.2. The number of rotatable bonds is 6. The normalized spacial score (nSPS) is 18.3. The largest absolute Gasteiger partial charge is 0.392 e. The lowest BCUT2D eigenvalue weighted by Crippen LogP contribution is -2.45. The molecule has 34 heavy (non-hydrogen) atoms. The van der Waals surface area contributed by atoms with Gasteiger partial charge < -0.3 is 25.0 Å². The lowest BCUT2D eigenvalue weighted by molar-refractivity contribution is -0.105. The van der Waals surface area contributed by atoms with E-state index in [0.29, 0.717) is 23.3 Å². The lowest BCUT2D eigenvalue weighted by Gasteiger charge is -2.36. The summed E-state index contributed by atoms with van der Waals surface area (Å²) in [5.41, 5.74) is 6.35. The quantitative estimate of drug-likeness (QED) is 0.379. The van der Waals surface area contributed by atoms with Crippen molar-refractivity contribution in [2.45, 2.75) is 32.7 Å². The predicted octanol–water partition coefficient (Wildman–Crippen LogP) is 3.97. The van der Waals surface area contributed by atoms with Crippen molar-refractivity contribution in [3.05, 3.63) is 60.3 Å². The second-order valence-corrected chi connectivity index (χ2v) is 8.60. The van der Waals surface area contributed by atoms with E-state index in [0.717, 1.165) is 46.8 Å². The Morgan fingerprint density at radius 2 is 1.88 bits per heavy atom. The zero-order chi connectivity index (χ0) is 23.7. The van der Waals surface area contributed by atoms with Crippen LogP contribution in [-0.4, -0.2) is 51.8 Å². The van der Waals surface area contributed by atoms with Gasteiger partial charge in [0.15, 0.2) is 5.65 Å². The SMILES string of the molecule is CC1CN(c2ccc(-c3nc4nccc(-c5cccc(NC=O)c5CO)c4[nH]3)cc2)CC(C)O1. The lowest BCUT2D eigenvalue weighted by atomic mass is 9.98. The minimum Gasteiger partial charge on any atom is -0.392 e. The Morgan fingerprint density at radius 3 is 2.59 bits per heavy atom. The molecule has 2 atom stereocenters. The van der Waals surface area contributed by atoms with Crippen molar-refractivity contribution in [3.63, 3.8) is 0 Å². The number of ether oxygens (including phenoxy) is 1. The number of hydrogen-bond acceptors (Lipinski definition) is 6. The summed E-state index contributed by atoms with van der Waals surface area (Å²) in [6.07, 6.45) is 2.71. The number of carbonyl (C=O) groups is 1. The molecule has 2 unspecified atom stereocenters. The van der Waals surface area contributed by atoms with E-state index in [4.69, 9.17) is 9.72 Å². The molecule has 0 bridgehead atoms. The van der Waals surface area contributed by atoms with Gasteiger partial charge in [0.05, 0.1) is 24.3 Å². The van der Waals surface area contributed by atoms with Gasteiger partial charge in [0, 0.05) is 47.4 Å². The van der Waals surface area contributed by atoms with Gasteiger partial charge in [-0.2, -0.15) is 0 Å². The van der Waals surface area contributed by atoms with Crippen LogP contribution in [0.4, 0.5) is 11.4 Å². The first kappa shape index (κ1) is 22.1. The number of hydrogen-bond donors (Lipinski definition) is 3. The van der Waals surface area contributed by atoms with Gasteiger partial charge >= 0.3 is 0 Å². The average molecular weight is 458 g/mol. The van der Waals surface area contributed by atoms with Gasteiger partial charge in [0.1, 0.15) is 5.82 Å². The maximum absolute atomic E-state index is 11.0. The van der Waals surface area contributed by atoms with Crippen LogP contribution in [0.15, 0.2) is 54.7 Å². The molecule has 5 rings (SSSR count). The summed E-state index contributed by atoms with van der Waals surface area (Å²) in [6, 6.07) is 15.7. The molecule has 0 aliphatic carbocycles. The summed E-state index contributed by atoms with van der Waals surface area (Å²) < 4.78 is 5.85. The van der Waals surface area contributed by atoms with Crippen LogP contribution in [0.2, 0.25) is 0 Å². The van der Waals surface area contributed by atoms with Gasteiger partial charge in [-0.05, 0) is 55.8 Å². The molecule has 0 spiro atoms. The summed E-state index contributed by atoms with van der Waals surface area (Å²) in [6.45, 7) is 5.73. The highest BCUT2D eigenvalue weighted by molar-refractivity contribution is 5.94. The second-order valence-electron chi connectivity index (χ2n) is 8.60. The van der Waals surface area contributed by atoms with Gasteiger partial charge in [0.2, 0.25) is 6.41 Å². The van der Waals surface area contributed by atoms with E-state index in [1.165, 1.54) is 0 Å². The van der Waals surface area contributed by atoms with E-state index in [2.05, 4.69) is 58.3 Å². The van der Waals surface area contributed by atoms with Gasteiger partial charge in [-0.15, -0.1) is 0 Å². The number of aromatic amines is 1. The molecule has 2 aromatic carbocycles. The fraction of sp³-hybridized carbons (Fsp3) is 0.269.